The number of carbonyl (C=O) groups excluding carboxylic acids is 1. The van der Waals surface area contributed by atoms with Gasteiger partial charge in [-0.3, -0.25) is 4.79 Å². The molecule has 0 unspecified atom stereocenters. The first-order valence-electron chi connectivity index (χ1n) is 10.1. The van der Waals surface area contributed by atoms with E-state index in [0.29, 0.717) is 41.8 Å². The summed E-state index contributed by atoms with van der Waals surface area (Å²) in [6, 6.07) is 20.2. The van der Waals surface area contributed by atoms with Crippen molar-refractivity contribution >= 4 is 12.1 Å². The lowest BCUT2D eigenvalue weighted by Gasteiger charge is -2.12. The van der Waals surface area contributed by atoms with E-state index in [1.54, 1.807) is 37.4 Å². The molecule has 7 heteroatoms. The number of hydrazone groups is 1. The van der Waals surface area contributed by atoms with Crippen molar-refractivity contribution in [1.29, 1.82) is 0 Å². The van der Waals surface area contributed by atoms with Crippen molar-refractivity contribution in [2.24, 2.45) is 5.10 Å². The number of methoxy groups -OCH3 is 2. The summed E-state index contributed by atoms with van der Waals surface area (Å²) >= 11 is 0. The summed E-state index contributed by atoms with van der Waals surface area (Å²) < 4.78 is 22.0. The number of rotatable bonds is 10. The Kier molecular flexibility index (Phi) is 8.09. The fourth-order valence-corrected chi connectivity index (χ4v) is 2.93. The molecule has 0 radical (unpaired) electrons. The van der Waals surface area contributed by atoms with E-state index < -0.39 is 0 Å². The van der Waals surface area contributed by atoms with Gasteiger partial charge in [0.15, 0.2) is 23.0 Å². The quantitative estimate of drug-likeness (QED) is 0.377. The van der Waals surface area contributed by atoms with E-state index >= 15 is 0 Å². The van der Waals surface area contributed by atoms with E-state index in [9.17, 15) is 4.79 Å². The molecule has 0 aliphatic carbocycles. The molecule has 0 fully saturated rings. The van der Waals surface area contributed by atoms with E-state index in [1.165, 1.54) is 13.3 Å². The second-order valence-electron chi connectivity index (χ2n) is 6.68. The largest absolute Gasteiger partial charge is 0.493 e. The molecule has 7 nitrogen and oxygen atoms in total. The Morgan fingerprint density at radius 3 is 2.28 bits per heavy atom. The van der Waals surface area contributed by atoms with Gasteiger partial charge >= 0.3 is 0 Å². The smallest absolute Gasteiger partial charge is 0.271 e. The Hall–Kier alpha value is -4.00. The second kappa shape index (κ2) is 11.4. The summed E-state index contributed by atoms with van der Waals surface area (Å²) in [5.41, 5.74) is 4.71. The van der Waals surface area contributed by atoms with Crippen LogP contribution < -0.4 is 24.4 Å². The Labute approximate surface area is 187 Å². The molecule has 3 aromatic rings. The van der Waals surface area contributed by atoms with Crippen LogP contribution >= 0.6 is 0 Å². The Morgan fingerprint density at radius 1 is 0.875 bits per heavy atom. The van der Waals surface area contributed by atoms with Crippen LogP contribution in [0.25, 0.3) is 0 Å². The fraction of sp³-hybridized carbons (Fsp3) is 0.200. The molecule has 0 bridgehead atoms. The van der Waals surface area contributed by atoms with E-state index in [1.807, 2.05) is 43.3 Å². The lowest BCUT2D eigenvalue weighted by atomic mass is 10.2. The van der Waals surface area contributed by atoms with Crippen LogP contribution in [0.5, 0.6) is 23.0 Å². The molecule has 166 valence electrons. The third-order valence-corrected chi connectivity index (χ3v) is 4.53. The summed E-state index contributed by atoms with van der Waals surface area (Å²) in [6.45, 7) is 2.85. The van der Waals surface area contributed by atoms with Crippen molar-refractivity contribution in [3.8, 4) is 23.0 Å². The van der Waals surface area contributed by atoms with Crippen molar-refractivity contribution in [2.75, 3.05) is 20.8 Å². The zero-order valence-corrected chi connectivity index (χ0v) is 18.3. The molecule has 0 atom stereocenters. The van der Waals surface area contributed by atoms with Gasteiger partial charge in [-0.1, -0.05) is 30.3 Å². The number of nitrogens with one attached hydrogen (secondary N) is 1. The molecule has 1 amide bonds. The third-order valence-electron chi connectivity index (χ3n) is 4.53. The molecular weight excluding hydrogens is 408 g/mol. The van der Waals surface area contributed by atoms with Crippen molar-refractivity contribution in [3.63, 3.8) is 0 Å². The van der Waals surface area contributed by atoms with Gasteiger partial charge in [-0.15, -0.1) is 0 Å². The van der Waals surface area contributed by atoms with Crippen molar-refractivity contribution in [2.45, 2.75) is 13.5 Å². The maximum absolute atomic E-state index is 12.5. The van der Waals surface area contributed by atoms with Crippen LogP contribution in [0.3, 0.4) is 0 Å². The number of carbonyl (C=O) groups is 1. The van der Waals surface area contributed by atoms with Crippen molar-refractivity contribution < 1.29 is 23.7 Å². The van der Waals surface area contributed by atoms with Gasteiger partial charge in [0.2, 0.25) is 0 Å². The highest BCUT2D eigenvalue weighted by Crippen LogP contribution is 2.29. The van der Waals surface area contributed by atoms with Crippen LogP contribution in [0, 0.1) is 0 Å². The van der Waals surface area contributed by atoms with Gasteiger partial charge < -0.3 is 18.9 Å². The molecule has 0 aliphatic heterocycles. The zero-order valence-electron chi connectivity index (χ0n) is 18.3. The monoisotopic (exact) mass is 434 g/mol. The molecule has 3 rings (SSSR count). The number of hydrogen-bond donors (Lipinski definition) is 1. The first kappa shape index (κ1) is 22.7. The minimum atomic E-state index is -0.368. The van der Waals surface area contributed by atoms with Gasteiger partial charge in [0.1, 0.15) is 6.61 Å². The molecule has 0 saturated heterocycles. The highest BCUT2D eigenvalue weighted by Gasteiger charge is 2.11. The highest BCUT2D eigenvalue weighted by molar-refractivity contribution is 5.95. The van der Waals surface area contributed by atoms with Crippen molar-refractivity contribution in [1.82, 2.24) is 5.43 Å². The average molecular weight is 434 g/mol. The standard InChI is InChI=1S/C25H26N2O5/c1-4-31-21-12-10-19(14-23(21)29-2)16-26-27-25(28)20-11-13-22(24(15-20)30-3)32-17-18-8-6-5-7-9-18/h5-16H,4,17H2,1-3H3,(H,27,28)/b26-16+. The van der Waals surface area contributed by atoms with E-state index in [2.05, 4.69) is 10.5 Å². The van der Waals surface area contributed by atoms with Crippen LogP contribution in [-0.2, 0) is 6.61 Å². The average Bonchev–Trinajstić information content (AvgIpc) is 2.84. The lowest BCUT2D eigenvalue weighted by molar-refractivity contribution is 0.0954. The maximum Gasteiger partial charge on any atom is 0.271 e. The Bertz CT molecular complexity index is 1070. The Morgan fingerprint density at radius 2 is 1.56 bits per heavy atom. The second-order valence-corrected chi connectivity index (χ2v) is 6.68. The summed E-state index contributed by atoms with van der Waals surface area (Å²) in [6.07, 6.45) is 1.53. The minimum absolute atomic E-state index is 0.368. The van der Waals surface area contributed by atoms with Gasteiger partial charge in [-0.2, -0.15) is 5.10 Å². The Balaban J connectivity index is 1.63. The van der Waals surface area contributed by atoms with E-state index in [0.717, 1.165) is 11.1 Å². The normalized spacial score (nSPS) is 10.6. The van der Waals surface area contributed by atoms with Crippen LogP contribution in [0.2, 0.25) is 0 Å². The molecule has 32 heavy (non-hydrogen) atoms. The number of hydrogen-bond acceptors (Lipinski definition) is 6. The molecule has 0 heterocycles. The number of benzene rings is 3. The molecule has 3 aromatic carbocycles. The van der Waals surface area contributed by atoms with Crippen molar-refractivity contribution in [3.05, 3.63) is 83.4 Å². The fourth-order valence-electron chi connectivity index (χ4n) is 2.93. The molecule has 0 saturated carbocycles. The summed E-state index contributed by atoms with van der Waals surface area (Å²) in [7, 11) is 3.10. The zero-order chi connectivity index (χ0) is 22.8. The van der Waals surface area contributed by atoms with Crippen LogP contribution in [0.1, 0.15) is 28.4 Å². The van der Waals surface area contributed by atoms with Gasteiger partial charge in [0, 0.05) is 5.56 Å². The number of amides is 1. The maximum atomic E-state index is 12.5. The number of ether oxygens (including phenoxy) is 4. The third kappa shape index (κ3) is 6.01. The molecule has 0 aliphatic rings. The first-order valence-corrected chi connectivity index (χ1v) is 10.1. The van der Waals surface area contributed by atoms with Crippen LogP contribution in [0.4, 0.5) is 0 Å². The molecular formula is C25H26N2O5. The highest BCUT2D eigenvalue weighted by atomic mass is 16.5. The lowest BCUT2D eigenvalue weighted by Crippen LogP contribution is -2.17. The topological polar surface area (TPSA) is 78.4 Å². The van der Waals surface area contributed by atoms with E-state index in [-0.39, 0.29) is 5.91 Å². The predicted octanol–water partition coefficient (Wildman–Crippen LogP) is 4.45. The predicted molar refractivity (Wildman–Crippen MR) is 123 cm³/mol. The molecule has 0 spiro atoms. The SMILES string of the molecule is CCOc1ccc(/C=N/NC(=O)c2ccc(OCc3ccccc3)c(OC)c2)cc1OC. The molecule has 1 N–H and O–H groups in total. The van der Waals surface area contributed by atoms with Gasteiger partial charge in [-0.05, 0) is 54.4 Å². The van der Waals surface area contributed by atoms with Gasteiger partial charge in [-0.25, -0.2) is 5.43 Å². The van der Waals surface area contributed by atoms with Gasteiger partial charge in [0.25, 0.3) is 5.91 Å². The molecule has 0 aromatic heterocycles. The van der Waals surface area contributed by atoms with Gasteiger partial charge in [0.05, 0.1) is 27.0 Å². The number of nitrogens with zero attached hydrogens (tertiary/aromatic N) is 1. The van der Waals surface area contributed by atoms with Crippen LogP contribution in [-0.4, -0.2) is 32.9 Å². The minimum Gasteiger partial charge on any atom is -0.493 e. The summed E-state index contributed by atoms with van der Waals surface area (Å²) in [5.74, 6) is 1.90. The van der Waals surface area contributed by atoms with Crippen LogP contribution in [0.15, 0.2) is 71.8 Å². The van der Waals surface area contributed by atoms with E-state index in [4.69, 9.17) is 18.9 Å². The first-order chi connectivity index (χ1) is 15.6. The summed E-state index contributed by atoms with van der Waals surface area (Å²) in [4.78, 5) is 12.5. The summed E-state index contributed by atoms with van der Waals surface area (Å²) in [5, 5.41) is 4.03.